The van der Waals surface area contributed by atoms with E-state index in [1.54, 1.807) is 0 Å². The summed E-state index contributed by atoms with van der Waals surface area (Å²) in [5.41, 5.74) is 0.793. The first kappa shape index (κ1) is 21.2. The lowest BCUT2D eigenvalue weighted by molar-refractivity contribution is -0.126. The maximum absolute atomic E-state index is 12.7. The van der Waals surface area contributed by atoms with Crippen LogP contribution in [0, 0.1) is 14.9 Å². The Balaban J connectivity index is 1.83. The Bertz CT molecular complexity index is 638. The van der Waals surface area contributed by atoms with Gasteiger partial charge < -0.3 is 15.1 Å². The molecule has 2 amide bonds. The van der Waals surface area contributed by atoms with Gasteiger partial charge in [-0.2, -0.15) is 0 Å². The summed E-state index contributed by atoms with van der Waals surface area (Å²) in [4.78, 5) is 29.2. The molecule has 1 fully saturated rings. The van der Waals surface area contributed by atoms with Gasteiger partial charge in [-0.05, 0) is 67.1 Å². The van der Waals surface area contributed by atoms with Crippen LogP contribution < -0.4 is 5.32 Å². The van der Waals surface area contributed by atoms with Crippen LogP contribution in [0.3, 0.4) is 0 Å². The molecule has 0 radical (unpaired) electrons. The summed E-state index contributed by atoms with van der Waals surface area (Å²) < 4.78 is 0.970. The van der Waals surface area contributed by atoms with E-state index in [1.165, 1.54) is 0 Å². The van der Waals surface area contributed by atoms with Gasteiger partial charge in [0, 0.05) is 35.7 Å². The number of benzene rings is 1. The van der Waals surface area contributed by atoms with E-state index in [0.29, 0.717) is 19.6 Å². The highest BCUT2D eigenvalue weighted by Crippen LogP contribution is 2.22. The van der Waals surface area contributed by atoms with Gasteiger partial charge >= 0.3 is 0 Å². The SMILES string of the molecule is CN(C)CC(C)(C)CNC(=O)C1CCN(C(=O)c2ccccc2I)CC1. The molecule has 1 aliphatic heterocycles. The summed E-state index contributed by atoms with van der Waals surface area (Å²) in [6, 6.07) is 7.65. The smallest absolute Gasteiger partial charge is 0.254 e. The lowest BCUT2D eigenvalue weighted by Crippen LogP contribution is -2.46. The van der Waals surface area contributed by atoms with E-state index in [4.69, 9.17) is 0 Å². The van der Waals surface area contributed by atoms with Crippen molar-refractivity contribution in [2.75, 3.05) is 40.3 Å². The molecule has 0 unspecified atom stereocenters. The third-order valence-corrected chi connectivity index (χ3v) is 5.68. The van der Waals surface area contributed by atoms with Crippen molar-refractivity contribution >= 4 is 34.4 Å². The highest BCUT2D eigenvalue weighted by molar-refractivity contribution is 14.1. The molecule has 0 spiro atoms. The molecule has 0 saturated carbocycles. The number of nitrogens with zero attached hydrogens (tertiary/aromatic N) is 2. The Hall–Kier alpha value is -1.15. The topological polar surface area (TPSA) is 52.7 Å². The molecule has 6 heteroatoms. The first-order chi connectivity index (χ1) is 12.2. The van der Waals surface area contributed by atoms with Crippen LogP contribution in [0.5, 0.6) is 0 Å². The number of piperidine rings is 1. The predicted molar refractivity (Wildman–Crippen MR) is 113 cm³/mol. The van der Waals surface area contributed by atoms with Crippen LogP contribution in [0.2, 0.25) is 0 Å². The molecule has 1 heterocycles. The van der Waals surface area contributed by atoms with Crippen LogP contribution in [-0.2, 0) is 4.79 Å². The monoisotopic (exact) mass is 471 g/mol. The predicted octanol–water partition coefficient (Wildman–Crippen LogP) is 2.85. The normalized spacial score (nSPS) is 16.0. The molecule has 1 aromatic carbocycles. The fourth-order valence-electron chi connectivity index (χ4n) is 3.53. The molecule has 1 aliphatic rings. The Morgan fingerprint density at radius 3 is 2.42 bits per heavy atom. The van der Waals surface area contributed by atoms with Gasteiger partial charge in [-0.25, -0.2) is 0 Å². The van der Waals surface area contributed by atoms with Gasteiger partial charge in [-0.3, -0.25) is 9.59 Å². The number of hydrogen-bond donors (Lipinski definition) is 1. The van der Waals surface area contributed by atoms with Crippen LogP contribution in [0.15, 0.2) is 24.3 Å². The van der Waals surface area contributed by atoms with E-state index in [0.717, 1.165) is 28.5 Å². The Kier molecular flexibility index (Phi) is 7.46. The van der Waals surface area contributed by atoms with Crippen LogP contribution >= 0.6 is 22.6 Å². The molecular weight excluding hydrogens is 441 g/mol. The van der Waals surface area contributed by atoms with Crippen LogP contribution in [0.1, 0.15) is 37.0 Å². The molecule has 26 heavy (non-hydrogen) atoms. The van der Waals surface area contributed by atoms with E-state index in [2.05, 4.69) is 46.7 Å². The molecular formula is C20H30IN3O2. The van der Waals surface area contributed by atoms with E-state index in [-0.39, 0.29) is 23.1 Å². The van der Waals surface area contributed by atoms with Gasteiger partial charge in [0.2, 0.25) is 5.91 Å². The second-order valence-corrected chi connectivity index (χ2v) is 9.33. The van der Waals surface area contributed by atoms with Gasteiger partial charge in [0.05, 0.1) is 5.56 Å². The molecule has 2 rings (SSSR count). The second kappa shape index (κ2) is 9.17. The van der Waals surface area contributed by atoms with Crippen molar-refractivity contribution < 1.29 is 9.59 Å². The summed E-state index contributed by atoms with van der Waals surface area (Å²) in [5.74, 6) is 0.197. The summed E-state index contributed by atoms with van der Waals surface area (Å²) in [6.45, 7) is 7.21. The maximum Gasteiger partial charge on any atom is 0.254 e. The van der Waals surface area contributed by atoms with Crippen LogP contribution in [-0.4, -0.2) is 61.9 Å². The maximum atomic E-state index is 12.7. The molecule has 144 valence electrons. The van der Waals surface area contributed by atoms with Gasteiger partial charge in [0.15, 0.2) is 0 Å². The van der Waals surface area contributed by atoms with Crippen molar-refractivity contribution in [3.8, 4) is 0 Å². The average Bonchev–Trinajstić information content (AvgIpc) is 2.58. The highest BCUT2D eigenvalue weighted by atomic mass is 127. The Morgan fingerprint density at radius 1 is 1.23 bits per heavy atom. The number of carbonyl (C=O) groups excluding carboxylic acids is 2. The van der Waals surface area contributed by atoms with E-state index < -0.39 is 0 Å². The van der Waals surface area contributed by atoms with Crippen molar-refractivity contribution in [3.63, 3.8) is 0 Å². The summed E-state index contributed by atoms with van der Waals surface area (Å²) >= 11 is 2.20. The zero-order chi connectivity index (χ0) is 19.3. The number of carbonyl (C=O) groups is 2. The molecule has 0 atom stereocenters. The molecule has 1 aromatic rings. The molecule has 1 saturated heterocycles. The fraction of sp³-hybridized carbons (Fsp3) is 0.600. The van der Waals surface area contributed by atoms with Crippen molar-refractivity contribution in [3.05, 3.63) is 33.4 Å². The van der Waals surface area contributed by atoms with Crippen molar-refractivity contribution in [2.24, 2.45) is 11.3 Å². The van der Waals surface area contributed by atoms with Crippen molar-refractivity contribution in [1.82, 2.24) is 15.1 Å². The number of hydrogen-bond acceptors (Lipinski definition) is 3. The van der Waals surface area contributed by atoms with Gasteiger partial charge in [-0.15, -0.1) is 0 Å². The minimum Gasteiger partial charge on any atom is -0.355 e. The molecule has 0 bridgehead atoms. The molecule has 1 N–H and O–H groups in total. The number of likely N-dealkylation sites (tertiary alicyclic amines) is 1. The van der Waals surface area contributed by atoms with Gasteiger partial charge in [-0.1, -0.05) is 26.0 Å². The minimum absolute atomic E-state index is 0.00375. The number of amides is 2. The fourth-order valence-corrected chi connectivity index (χ4v) is 4.15. The first-order valence-corrected chi connectivity index (χ1v) is 10.2. The zero-order valence-electron chi connectivity index (χ0n) is 16.2. The van der Waals surface area contributed by atoms with Crippen molar-refractivity contribution in [2.45, 2.75) is 26.7 Å². The number of rotatable bonds is 6. The lowest BCUT2D eigenvalue weighted by Gasteiger charge is -2.33. The second-order valence-electron chi connectivity index (χ2n) is 8.17. The first-order valence-electron chi connectivity index (χ1n) is 9.16. The standard InChI is InChI=1S/C20H30IN3O2/c1-20(2,14-23(3)4)13-22-18(25)15-9-11-24(12-10-15)19(26)16-7-5-6-8-17(16)21/h5-8,15H,9-14H2,1-4H3,(H,22,25). The van der Waals surface area contributed by atoms with Gasteiger partial charge in [0.25, 0.3) is 5.91 Å². The Morgan fingerprint density at radius 2 is 1.85 bits per heavy atom. The third kappa shape index (κ3) is 5.94. The molecule has 0 aromatic heterocycles. The van der Waals surface area contributed by atoms with E-state index >= 15 is 0 Å². The van der Waals surface area contributed by atoms with Gasteiger partial charge in [0.1, 0.15) is 0 Å². The summed E-state index contributed by atoms with van der Waals surface area (Å²) in [5, 5.41) is 3.11. The minimum atomic E-state index is 0.00375. The largest absolute Gasteiger partial charge is 0.355 e. The van der Waals surface area contributed by atoms with Crippen molar-refractivity contribution in [1.29, 1.82) is 0 Å². The van der Waals surface area contributed by atoms with E-state index in [9.17, 15) is 9.59 Å². The number of nitrogens with one attached hydrogen (secondary N) is 1. The van der Waals surface area contributed by atoms with Crippen LogP contribution in [0.4, 0.5) is 0 Å². The lowest BCUT2D eigenvalue weighted by atomic mass is 9.91. The van der Waals surface area contributed by atoms with Crippen LogP contribution in [0.25, 0.3) is 0 Å². The summed E-state index contributed by atoms with van der Waals surface area (Å²) in [6.07, 6.45) is 1.46. The quantitative estimate of drug-likeness (QED) is 0.650. The highest BCUT2D eigenvalue weighted by Gasteiger charge is 2.29. The zero-order valence-corrected chi connectivity index (χ0v) is 18.4. The average molecular weight is 471 g/mol. The molecule has 0 aliphatic carbocycles. The summed E-state index contributed by atoms with van der Waals surface area (Å²) in [7, 11) is 4.09. The van der Waals surface area contributed by atoms with E-state index in [1.807, 2.05) is 43.3 Å². The Labute approximate surface area is 170 Å². The number of halogens is 1. The third-order valence-electron chi connectivity index (χ3n) is 4.74. The molecule has 5 nitrogen and oxygen atoms in total.